The minimum atomic E-state index is 0.247. The Hall–Kier alpha value is -0.610. The molecule has 106 valence electrons. The van der Waals surface area contributed by atoms with Gasteiger partial charge < -0.3 is 15.0 Å². The fraction of sp³-hybridized carbons (Fsp3) is 0.929. The van der Waals surface area contributed by atoms with Crippen molar-refractivity contribution in [3.05, 3.63) is 0 Å². The number of nitrogens with zero attached hydrogens (tertiary/aromatic N) is 1. The van der Waals surface area contributed by atoms with Crippen molar-refractivity contribution >= 4 is 5.91 Å². The Balaban J connectivity index is 2.25. The lowest BCUT2D eigenvalue weighted by Crippen LogP contribution is -2.44. The van der Waals surface area contributed by atoms with Crippen LogP contribution in [-0.4, -0.2) is 49.7 Å². The first-order chi connectivity index (χ1) is 8.72. The molecule has 1 amide bonds. The van der Waals surface area contributed by atoms with Gasteiger partial charge in [-0.3, -0.25) is 4.79 Å². The zero-order chi connectivity index (χ0) is 13.4. The topological polar surface area (TPSA) is 41.6 Å². The predicted octanol–water partition coefficient (Wildman–Crippen LogP) is 1.79. The third kappa shape index (κ3) is 4.58. The Kier molecular flexibility index (Phi) is 7.28. The van der Waals surface area contributed by atoms with E-state index in [9.17, 15) is 4.79 Å². The second kappa shape index (κ2) is 8.48. The monoisotopic (exact) mass is 256 g/mol. The van der Waals surface area contributed by atoms with Crippen molar-refractivity contribution in [1.82, 2.24) is 10.2 Å². The normalized spacial score (nSPS) is 23.9. The van der Waals surface area contributed by atoms with E-state index in [0.29, 0.717) is 18.6 Å². The van der Waals surface area contributed by atoms with Gasteiger partial charge in [-0.2, -0.15) is 0 Å². The molecule has 0 radical (unpaired) electrons. The van der Waals surface area contributed by atoms with Gasteiger partial charge in [0.25, 0.3) is 0 Å². The summed E-state index contributed by atoms with van der Waals surface area (Å²) >= 11 is 0. The zero-order valence-electron chi connectivity index (χ0n) is 12.1. The molecule has 0 aliphatic heterocycles. The van der Waals surface area contributed by atoms with Crippen LogP contribution in [0.15, 0.2) is 0 Å². The van der Waals surface area contributed by atoms with Crippen LogP contribution in [0.4, 0.5) is 0 Å². The molecule has 0 bridgehead atoms. The number of amides is 1. The highest BCUT2D eigenvalue weighted by molar-refractivity contribution is 5.76. The number of carbonyl (C=O) groups excluding carboxylic acids is 1. The maximum atomic E-state index is 11.9. The summed E-state index contributed by atoms with van der Waals surface area (Å²) in [5.41, 5.74) is 0. The first-order valence-electron chi connectivity index (χ1n) is 7.26. The van der Waals surface area contributed by atoms with Crippen molar-refractivity contribution in [2.24, 2.45) is 0 Å². The SMILES string of the molecule is CCN(CC)C(=O)CCNC1CCCCC1OC. The lowest BCUT2D eigenvalue weighted by molar-refractivity contribution is -0.130. The molecule has 0 heterocycles. The highest BCUT2D eigenvalue weighted by Gasteiger charge is 2.24. The van der Waals surface area contributed by atoms with Crippen LogP contribution in [0.5, 0.6) is 0 Å². The molecule has 4 heteroatoms. The van der Waals surface area contributed by atoms with Crippen LogP contribution in [-0.2, 0) is 9.53 Å². The van der Waals surface area contributed by atoms with E-state index in [1.54, 1.807) is 7.11 Å². The number of carbonyl (C=O) groups is 1. The van der Waals surface area contributed by atoms with Gasteiger partial charge in [0.05, 0.1) is 6.10 Å². The molecule has 1 rings (SSSR count). The van der Waals surface area contributed by atoms with Crippen molar-refractivity contribution in [2.75, 3.05) is 26.7 Å². The van der Waals surface area contributed by atoms with Crippen LogP contribution >= 0.6 is 0 Å². The summed E-state index contributed by atoms with van der Waals surface area (Å²) in [5, 5.41) is 3.48. The molecule has 4 nitrogen and oxygen atoms in total. The minimum Gasteiger partial charge on any atom is -0.380 e. The minimum absolute atomic E-state index is 0.247. The van der Waals surface area contributed by atoms with Crippen LogP contribution in [0.25, 0.3) is 0 Å². The molecule has 1 fully saturated rings. The van der Waals surface area contributed by atoms with Crippen molar-refractivity contribution in [1.29, 1.82) is 0 Å². The molecule has 1 saturated carbocycles. The van der Waals surface area contributed by atoms with Gasteiger partial charge in [0.2, 0.25) is 5.91 Å². The maximum Gasteiger partial charge on any atom is 0.223 e. The Labute approximate surface area is 111 Å². The van der Waals surface area contributed by atoms with Crippen LogP contribution in [0.2, 0.25) is 0 Å². The molecule has 2 atom stereocenters. The molecule has 0 aromatic rings. The molecule has 18 heavy (non-hydrogen) atoms. The van der Waals surface area contributed by atoms with Crippen molar-refractivity contribution < 1.29 is 9.53 Å². The molecule has 1 aliphatic rings. The molecule has 0 aromatic heterocycles. The second-order valence-electron chi connectivity index (χ2n) is 4.94. The van der Waals surface area contributed by atoms with E-state index in [-0.39, 0.29) is 5.91 Å². The van der Waals surface area contributed by atoms with Crippen molar-refractivity contribution in [3.63, 3.8) is 0 Å². The lowest BCUT2D eigenvalue weighted by Gasteiger charge is -2.31. The zero-order valence-corrected chi connectivity index (χ0v) is 12.1. The van der Waals surface area contributed by atoms with Gasteiger partial charge in [-0.15, -0.1) is 0 Å². The first kappa shape index (κ1) is 15.4. The molecule has 1 N–H and O–H groups in total. The maximum absolute atomic E-state index is 11.9. The average Bonchev–Trinajstić information content (AvgIpc) is 2.40. The highest BCUT2D eigenvalue weighted by Crippen LogP contribution is 2.20. The number of hydrogen-bond donors (Lipinski definition) is 1. The van der Waals surface area contributed by atoms with Gasteiger partial charge in [0.1, 0.15) is 0 Å². The Bertz CT molecular complexity index is 242. The molecule has 0 saturated heterocycles. The molecule has 0 spiro atoms. The van der Waals surface area contributed by atoms with E-state index < -0.39 is 0 Å². The third-order valence-electron chi connectivity index (χ3n) is 3.87. The van der Waals surface area contributed by atoms with Gasteiger partial charge in [-0.05, 0) is 26.7 Å². The summed E-state index contributed by atoms with van der Waals surface area (Å²) in [6.45, 7) is 6.42. The Morgan fingerprint density at radius 2 is 1.94 bits per heavy atom. The van der Waals surface area contributed by atoms with E-state index >= 15 is 0 Å². The standard InChI is InChI=1S/C14H28N2O2/c1-4-16(5-2)14(17)10-11-15-12-8-6-7-9-13(12)18-3/h12-13,15H,4-11H2,1-3H3. The fourth-order valence-electron chi connectivity index (χ4n) is 2.71. The van der Waals surface area contributed by atoms with E-state index in [2.05, 4.69) is 5.32 Å². The predicted molar refractivity (Wildman–Crippen MR) is 73.6 cm³/mol. The van der Waals surface area contributed by atoms with Crippen LogP contribution in [0, 0.1) is 0 Å². The lowest BCUT2D eigenvalue weighted by atomic mass is 9.92. The average molecular weight is 256 g/mol. The van der Waals surface area contributed by atoms with Crippen molar-refractivity contribution in [2.45, 2.75) is 58.1 Å². The second-order valence-corrected chi connectivity index (χ2v) is 4.94. The first-order valence-corrected chi connectivity index (χ1v) is 7.26. The summed E-state index contributed by atoms with van der Waals surface area (Å²) in [6, 6.07) is 0.424. The largest absolute Gasteiger partial charge is 0.380 e. The highest BCUT2D eigenvalue weighted by atomic mass is 16.5. The summed E-state index contributed by atoms with van der Waals surface area (Å²) in [5.74, 6) is 0.247. The van der Waals surface area contributed by atoms with Crippen molar-refractivity contribution in [3.8, 4) is 0 Å². The van der Waals surface area contributed by atoms with E-state index in [1.165, 1.54) is 12.8 Å². The molecular formula is C14H28N2O2. The number of nitrogens with one attached hydrogen (secondary N) is 1. The smallest absolute Gasteiger partial charge is 0.223 e. The van der Waals surface area contributed by atoms with Crippen LogP contribution < -0.4 is 5.32 Å². The molecular weight excluding hydrogens is 228 g/mol. The van der Waals surface area contributed by atoms with Gasteiger partial charge in [-0.1, -0.05) is 12.8 Å². The van der Waals surface area contributed by atoms with Crippen LogP contribution in [0.3, 0.4) is 0 Å². The van der Waals surface area contributed by atoms with Gasteiger partial charge >= 0.3 is 0 Å². The summed E-state index contributed by atoms with van der Waals surface area (Å²) in [7, 11) is 1.78. The van der Waals surface area contributed by atoms with Gasteiger partial charge in [0, 0.05) is 39.2 Å². The summed E-state index contributed by atoms with van der Waals surface area (Å²) in [4.78, 5) is 13.7. The number of ether oxygens (including phenoxy) is 1. The van der Waals surface area contributed by atoms with Gasteiger partial charge in [-0.25, -0.2) is 0 Å². The summed E-state index contributed by atoms with van der Waals surface area (Å²) < 4.78 is 5.49. The number of rotatable bonds is 7. The Morgan fingerprint density at radius 1 is 1.28 bits per heavy atom. The van der Waals surface area contributed by atoms with Gasteiger partial charge in [0.15, 0.2) is 0 Å². The quantitative estimate of drug-likeness (QED) is 0.755. The summed E-state index contributed by atoms with van der Waals surface area (Å²) in [6.07, 6.45) is 5.74. The Morgan fingerprint density at radius 3 is 2.56 bits per heavy atom. The fourth-order valence-corrected chi connectivity index (χ4v) is 2.71. The number of methoxy groups -OCH3 is 1. The number of hydrogen-bond acceptors (Lipinski definition) is 3. The molecule has 2 unspecified atom stereocenters. The van der Waals surface area contributed by atoms with E-state index in [0.717, 1.165) is 32.5 Å². The molecule has 0 aromatic carbocycles. The van der Waals surface area contributed by atoms with Crippen LogP contribution in [0.1, 0.15) is 46.0 Å². The van der Waals surface area contributed by atoms with E-state index in [4.69, 9.17) is 4.74 Å². The molecule has 1 aliphatic carbocycles. The van der Waals surface area contributed by atoms with E-state index in [1.807, 2.05) is 18.7 Å². The third-order valence-corrected chi connectivity index (χ3v) is 3.87.